The lowest BCUT2D eigenvalue weighted by Crippen LogP contribution is -2.46. The predicted molar refractivity (Wildman–Crippen MR) is 90.6 cm³/mol. The minimum absolute atomic E-state index is 0.000617. The lowest BCUT2D eigenvalue weighted by Gasteiger charge is -2.28. The van der Waals surface area contributed by atoms with Crippen LogP contribution >= 0.6 is 0 Å². The van der Waals surface area contributed by atoms with Gasteiger partial charge >= 0.3 is 11.9 Å². The Bertz CT molecular complexity index is 790. The van der Waals surface area contributed by atoms with Gasteiger partial charge in [-0.15, -0.1) is 0 Å². The van der Waals surface area contributed by atoms with Crippen LogP contribution in [0.25, 0.3) is 20.9 Å². The molecular formula is C15H18N6O8. The summed E-state index contributed by atoms with van der Waals surface area (Å²) in [4.78, 5) is 50.8. The maximum atomic E-state index is 11.9. The van der Waals surface area contributed by atoms with Crippen LogP contribution < -0.4 is 0 Å². The SMILES string of the molecule is C[C@]12OC[C@H](OC(=O)CCC(=O)N=[N+]=[N-])[C@H]1OC[C@@H]2OC(=O)CCC(=O)N=[N+]=[N-]. The summed E-state index contributed by atoms with van der Waals surface area (Å²) < 4.78 is 21.8. The Morgan fingerprint density at radius 1 is 0.966 bits per heavy atom. The van der Waals surface area contributed by atoms with E-state index in [-0.39, 0.29) is 38.9 Å². The maximum absolute atomic E-state index is 11.9. The Hall–Kier alpha value is -3.18. The first kappa shape index (κ1) is 22.1. The smallest absolute Gasteiger partial charge is 0.306 e. The van der Waals surface area contributed by atoms with E-state index in [1.165, 1.54) is 0 Å². The van der Waals surface area contributed by atoms with Gasteiger partial charge in [-0.1, -0.05) is 0 Å². The molecule has 2 aliphatic rings. The van der Waals surface area contributed by atoms with Crippen molar-refractivity contribution in [2.75, 3.05) is 13.2 Å². The van der Waals surface area contributed by atoms with Crippen molar-refractivity contribution in [1.29, 1.82) is 0 Å². The molecule has 0 radical (unpaired) electrons. The van der Waals surface area contributed by atoms with E-state index in [0.717, 1.165) is 0 Å². The summed E-state index contributed by atoms with van der Waals surface area (Å²) in [5.74, 6) is -2.94. The van der Waals surface area contributed by atoms with Gasteiger partial charge in [-0.3, -0.25) is 19.2 Å². The zero-order chi connectivity index (χ0) is 21.4. The van der Waals surface area contributed by atoms with Gasteiger partial charge in [0.25, 0.3) is 0 Å². The van der Waals surface area contributed by atoms with E-state index in [4.69, 9.17) is 30.0 Å². The monoisotopic (exact) mass is 410 g/mol. The lowest BCUT2D eigenvalue weighted by molar-refractivity contribution is -0.161. The summed E-state index contributed by atoms with van der Waals surface area (Å²) in [5, 5.41) is 5.72. The van der Waals surface area contributed by atoms with Crippen LogP contribution in [0.2, 0.25) is 0 Å². The molecule has 0 aromatic rings. The maximum Gasteiger partial charge on any atom is 0.306 e. The molecule has 0 aromatic heterocycles. The van der Waals surface area contributed by atoms with Gasteiger partial charge in [0.05, 0.1) is 26.1 Å². The van der Waals surface area contributed by atoms with E-state index in [1.807, 2.05) is 0 Å². The summed E-state index contributed by atoms with van der Waals surface area (Å²) in [6.07, 6.45) is -3.35. The number of azide groups is 2. The molecule has 156 valence electrons. The van der Waals surface area contributed by atoms with Crippen LogP contribution in [0.5, 0.6) is 0 Å². The molecule has 29 heavy (non-hydrogen) atoms. The highest BCUT2D eigenvalue weighted by Crippen LogP contribution is 2.40. The fourth-order valence-electron chi connectivity index (χ4n) is 3.02. The molecule has 4 atom stereocenters. The van der Waals surface area contributed by atoms with Crippen LogP contribution in [0.4, 0.5) is 0 Å². The molecule has 0 N–H and O–H groups in total. The van der Waals surface area contributed by atoms with E-state index in [0.29, 0.717) is 0 Å². The van der Waals surface area contributed by atoms with Crippen molar-refractivity contribution in [3.63, 3.8) is 0 Å². The highest BCUT2D eigenvalue weighted by molar-refractivity contribution is 5.82. The largest absolute Gasteiger partial charge is 0.457 e. The summed E-state index contributed by atoms with van der Waals surface area (Å²) in [6, 6.07) is 0. The minimum Gasteiger partial charge on any atom is -0.457 e. The van der Waals surface area contributed by atoms with Gasteiger partial charge in [0.15, 0.2) is 12.2 Å². The number of fused-ring (bicyclic) bond motifs is 1. The number of hydrogen-bond donors (Lipinski definition) is 0. The zero-order valence-corrected chi connectivity index (χ0v) is 15.4. The summed E-state index contributed by atoms with van der Waals surface area (Å²) in [5.41, 5.74) is 15.2. The molecule has 2 amide bonds. The molecule has 2 rings (SSSR count). The molecule has 2 heterocycles. The third kappa shape index (κ3) is 5.65. The van der Waals surface area contributed by atoms with Crippen molar-refractivity contribution in [3.05, 3.63) is 20.9 Å². The van der Waals surface area contributed by atoms with E-state index in [2.05, 4.69) is 20.1 Å². The van der Waals surface area contributed by atoms with Crippen molar-refractivity contribution < 1.29 is 38.1 Å². The first-order valence-electron chi connectivity index (χ1n) is 8.60. The second-order valence-corrected chi connectivity index (χ2v) is 6.42. The summed E-state index contributed by atoms with van der Waals surface area (Å²) >= 11 is 0. The summed E-state index contributed by atoms with van der Waals surface area (Å²) in [7, 11) is 0. The van der Waals surface area contributed by atoms with Gasteiger partial charge in [0.1, 0.15) is 11.7 Å². The van der Waals surface area contributed by atoms with Gasteiger partial charge in [-0.05, 0) is 28.2 Å². The normalized spacial score (nSPS) is 27.1. The number of carbonyl (C=O) groups excluding carboxylic acids is 4. The molecule has 0 bridgehead atoms. The average molecular weight is 410 g/mol. The summed E-state index contributed by atoms with van der Waals surface area (Å²) in [6.45, 7) is 1.65. The predicted octanol–water partition coefficient (Wildman–Crippen LogP) is 1.23. The van der Waals surface area contributed by atoms with Crippen molar-refractivity contribution in [2.45, 2.75) is 56.5 Å². The number of rotatable bonds is 8. The van der Waals surface area contributed by atoms with Crippen LogP contribution in [0, 0.1) is 0 Å². The van der Waals surface area contributed by atoms with Gasteiger partial charge in [0.2, 0.25) is 11.8 Å². The Balaban J connectivity index is 1.85. The van der Waals surface area contributed by atoms with Gasteiger partial charge < -0.3 is 18.9 Å². The van der Waals surface area contributed by atoms with Crippen molar-refractivity contribution >= 4 is 23.8 Å². The van der Waals surface area contributed by atoms with Crippen molar-refractivity contribution in [1.82, 2.24) is 0 Å². The zero-order valence-electron chi connectivity index (χ0n) is 15.4. The molecule has 0 aliphatic carbocycles. The Kier molecular flexibility index (Phi) is 7.51. The molecule has 2 saturated heterocycles. The van der Waals surface area contributed by atoms with Gasteiger partial charge in [0, 0.05) is 22.7 Å². The Morgan fingerprint density at radius 2 is 1.52 bits per heavy atom. The molecule has 2 aliphatic heterocycles. The van der Waals surface area contributed by atoms with Crippen LogP contribution in [-0.4, -0.2) is 60.9 Å². The van der Waals surface area contributed by atoms with E-state index >= 15 is 0 Å². The van der Waals surface area contributed by atoms with Crippen molar-refractivity contribution in [2.24, 2.45) is 10.2 Å². The van der Waals surface area contributed by atoms with Crippen LogP contribution in [0.1, 0.15) is 32.6 Å². The molecule has 14 heteroatoms. The van der Waals surface area contributed by atoms with Crippen LogP contribution in [-0.2, 0) is 38.1 Å². The van der Waals surface area contributed by atoms with Crippen LogP contribution in [0.3, 0.4) is 0 Å². The van der Waals surface area contributed by atoms with Gasteiger partial charge in [-0.25, -0.2) is 0 Å². The fourth-order valence-corrected chi connectivity index (χ4v) is 3.02. The standard InChI is InChI=1S/C15H18N6O8/c1-15-9(29-13(25)5-3-11(23)19-21-17)7-26-14(15)8(6-27-15)28-12(24)4-2-10(22)18-20-16/h8-9,14H,2-7H2,1H3/t8-,9-,14+,15+/m0/s1. The molecule has 14 nitrogen and oxygen atoms in total. The minimum atomic E-state index is -1.06. The topological polar surface area (TPSA) is 203 Å². The molecular weight excluding hydrogens is 392 g/mol. The number of hydrogen-bond acceptors (Lipinski definition) is 8. The molecule has 2 fully saturated rings. The second-order valence-electron chi connectivity index (χ2n) is 6.42. The Morgan fingerprint density at radius 3 is 2.07 bits per heavy atom. The third-order valence-electron chi connectivity index (χ3n) is 4.48. The highest BCUT2D eigenvalue weighted by atomic mass is 16.7. The highest BCUT2D eigenvalue weighted by Gasteiger charge is 2.60. The Labute approximate surface area is 163 Å². The molecule has 0 spiro atoms. The molecule has 0 aromatic carbocycles. The second kappa shape index (κ2) is 9.85. The van der Waals surface area contributed by atoms with Gasteiger partial charge in [-0.2, -0.15) is 0 Å². The third-order valence-corrected chi connectivity index (χ3v) is 4.48. The van der Waals surface area contributed by atoms with Crippen molar-refractivity contribution in [3.8, 4) is 0 Å². The molecule has 0 unspecified atom stereocenters. The quantitative estimate of drug-likeness (QED) is 0.246. The number of esters is 2. The lowest BCUT2D eigenvalue weighted by atomic mass is 9.94. The first-order chi connectivity index (χ1) is 13.8. The van der Waals surface area contributed by atoms with E-state index < -0.39 is 47.7 Å². The van der Waals surface area contributed by atoms with E-state index in [9.17, 15) is 19.2 Å². The fraction of sp³-hybridized carbons (Fsp3) is 0.733. The van der Waals surface area contributed by atoms with Crippen LogP contribution in [0.15, 0.2) is 10.2 Å². The first-order valence-corrected chi connectivity index (χ1v) is 8.60. The number of ether oxygens (including phenoxy) is 4. The number of carbonyl (C=O) groups is 4. The molecule has 0 saturated carbocycles. The number of nitrogens with zero attached hydrogens (tertiary/aromatic N) is 6. The van der Waals surface area contributed by atoms with E-state index in [1.54, 1.807) is 6.92 Å². The number of amides is 2. The average Bonchev–Trinajstić information content (AvgIpc) is 3.15.